The SMILES string of the molecule is CC[C@H](C(=O)NC1CCCCC1)N(Cc1ccc(Cl)c(Cl)c1)C(=O)CN(c1cccc(C)c1C)S(=O)(=O)c1ccccc1. The lowest BCUT2D eigenvalue weighted by atomic mass is 9.95. The number of sulfonamides is 1. The van der Waals surface area contributed by atoms with Gasteiger partial charge < -0.3 is 10.2 Å². The number of rotatable bonds is 11. The van der Waals surface area contributed by atoms with Crippen LogP contribution in [0.4, 0.5) is 5.69 Å². The van der Waals surface area contributed by atoms with Gasteiger partial charge in [0.05, 0.1) is 20.6 Å². The average Bonchev–Trinajstić information content (AvgIpc) is 3.00. The van der Waals surface area contributed by atoms with Crippen molar-refractivity contribution in [1.82, 2.24) is 10.2 Å². The van der Waals surface area contributed by atoms with Crippen LogP contribution < -0.4 is 9.62 Å². The Bertz CT molecular complexity index is 1540. The molecule has 0 bridgehead atoms. The van der Waals surface area contributed by atoms with Crippen LogP contribution >= 0.6 is 23.2 Å². The van der Waals surface area contributed by atoms with E-state index in [0.717, 1.165) is 47.5 Å². The van der Waals surface area contributed by atoms with E-state index < -0.39 is 28.5 Å². The van der Waals surface area contributed by atoms with Gasteiger partial charge in [-0.3, -0.25) is 13.9 Å². The minimum Gasteiger partial charge on any atom is -0.352 e. The number of anilines is 1. The van der Waals surface area contributed by atoms with Crippen LogP contribution in [-0.4, -0.2) is 43.8 Å². The second kappa shape index (κ2) is 14.6. The van der Waals surface area contributed by atoms with Crippen LogP contribution in [0.3, 0.4) is 0 Å². The Morgan fingerprint density at radius 1 is 0.930 bits per heavy atom. The number of halogens is 2. The molecule has 0 aromatic heterocycles. The molecule has 1 aliphatic carbocycles. The zero-order valence-electron chi connectivity index (χ0n) is 24.9. The zero-order valence-corrected chi connectivity index (χ0v) is 27.2. The molecular weight excluding hydrogens is 605 g/mol. The van der Waals surface area contributed by atoms with E-state index in [2.05, 4.69) is 5.32 Å². The van der Waals surface area contributed by atoms with Gasteiger partial charge in [0, 0.05) is 12.6 Å². The predicted octanol–water partition coefficient (Wildman–Crippen LogP) is 7.06. The van der Waals surface area contributed by atoms with Crippen LogP contribution in [0.1, 0.15) is 62.1 Å². The number of hydrogen-bond donors (Lipinski definition) is 1. The van der Waals surface area contributed by atoms with Gasteiger partial charge in [0.15, 0.2) is 0 Å². The van der Waals surface area contributed by atoms with Gasteiger partial charge in [0.2, 0.25) is 11.8 Å². The van der Waals surface area contributed by atoms with E-state index in [1.165, 1.54) is 17.0 Å². The van der Waals surface area contributed by atoms with E-state index in [4.69, 9.17) is 23.2 Å². The summed E-state index contributed by atoms with van der Waals surface area (Å²) in [4.78, 5) is 29.6. The summed E-state index contributed by atoms with van der Waals surface area (Å²) in [6.45, 7) is 5.15. The van der Waals surface area contributed by atoms with Gasteiger partial charge >= 0.3 is 0 Å². The van der Waals surface area contributed by atoms with E-state index in [1.54, 1.807) is 48.5 Å². The maximum absolute atomic E-state index is 14.3. The lowest BCUT2D eigenvalue weighted by Gasteiger charge is -2.35. The van der Waals surface area contributed by atoms with E-state index in [-0.39, 0.29) is 23.4 Å². The Morgan fingerprint density at radius 2 is 1.63 bits per heavy atom. The number of aryl methyl sites for hydroxylation is 1. The highest BCUT2D eigenvalue weighted by molar-refractivity contribution is 7.92. The van der Waals surface area contributed by atoms with Crippen molar-refractivity contribution in [2.24, 2.45) is 0 Å². The van der Waals surface area contributed by atoms with Gasteiger partial charge in [-0.1, -0.05) is 85.8 Å². The zero-order chi connectivity index (χ0) is 31.1. The average molecular weight is 645 g/mol. The fourth-order valence-electron chi connectivity index (χ4n) is 5.54. The molecule has 230 valence electrons. The molecule has 43 heavy (non-hydrogen) atoms. The molecule has 3 aromatic carbocycles. The van der Waals surface area contributed by atoms with Crippen LogP contribution in [0, 0.1) is 13.8 Å². The van der Waals surface area contributed by atoms with Gasteiger partial charge in [-0.05, 0) is 80.1 Å². The van der Waals surface area contributed by atoms with Crippen molar-refractivity contribution < 1.29 is 18.0 Å². The third kappa shape index (κ3) is 7.91. The first kappa shape index (κ1) is 32.8. The molecule has 1 N–H and O–H groups in total. The second-order valence-corrected chi connectivity index (χ2v) is 13.8. The summed E-state index contributed by atoms with van der Waals surface area (Å²) >= 11 is 12.5. The van der Waals surface area contributed by atoms with E-state index in [1.807, 2.05) is 26.8 Å². The summed E-state index contributed by atoms with van der Waals surface area (Å²) in [5.41, 5.74) is 2.72. The van der Waals surface area contributed by atoms with Crippen molar-refractivity contribution >= 4 is 50.7 Å². The summed E-state index contributed by atoms with van der Waals surface area (Å²) in [5, 5.41) is 3.86. The first-order valence-electron chi connectivity index (χ1n) is 14.7. The van der Waals surface area contributed by atoms with Crippen LogP contribution in [0.15, 0.2) is 71.6 Å². The largest absolute Gasteiger partial charge is 0.352 e. The van der Waals surface area contributed by atoms with Crippen molar-refractivity contribution in [2.45, 2.75) is 82.8 Å². The highest BCUT2D eigenvalue weighted by atomic mass is 35.5. The van der Waals surface area contributed by atoms with E-state index in [0.29, 0.717) is 27.7 Å². The Balaban J connectivity index is 1.74. The molecule has 0 aliphatic heterocycles. The normalized spacial score (nSPS) is 14.6. The summed E-state index contributed by atoms with van der Waals surface area (Å²) in [5.74, 6) is -0.746. The molecule has 0 saturated heterocycles. The van der Waals surface area contributed by atoms with Gasteiger partial charge in [-0.25, -0.2) is 8.42 Å². The Morgan fingerprint density at radius 3 is 2.28 bits per heavy atom. The molecular formula is C33H39Cl2N3O4S. The topological polar surface area (TPSA) is 86.8 Å². The van der Waals surface area contributed by atoms with Crippen molar-refractivity contribution in [1.29, 1.82) is 0 Å². The molecule has 10 heteroatoms. The minimum absolute atomic E-state index is 0.0539. The van der Waals surface area contributed by atoms with Crippen LogP contribution in [0.2, 0.25) is 10.0 Å². The quantitative estimate of drug-likeness (QED) is 0.242. The summed E-state index contributed by atoms with van der Waals surface area (Å²) in [7, 11) is -4.14. The van der Waals surface area contributed by atoms with Crippen molar-refractivity contribution in [3.8, 4) is 0 Å². The lowest BCUT2D eigenvalue weighted by molar-refractivity contribution is -0.140. The van der Waals surface area contributed by atoms with Crippen LogP contribution in [-0.2, 0) is 26.2 Å². The predicted molar refractivity (Wildman–Crippen MR) is 173 cm³/mol. The number of amides is 2. The van der Waals surface area contributed by atoms with Gasteiger partial charge in [-0.2, -0.15) is 0 Å². The first-order chi connectivity index (χ1) is 20.5. The molecule has 0 radical (unpaired) electrons. The molecule has 4 rings (SSSR count). The Hall–Kier alpha value is -3.07. The maximum atomic E-state index is 14.3. The monoisotopic (exact) mass is 643 g/mol. The summed E-state index contributed by atoms with van der Waals surface area (Å²) in [6, 6.07) is 17.7. The number of nitrogens with zero attached hydrogens (tertiary/aromatic N) is 2. The number of carbonyl (C=O) groups is 2. The molecule has 3 aromatic rings. The van der Waals surface area contributed by atoms with Crippen LogP contribution in [0.25, 0.3) is 0 Å². The van der Waals surface area contributed by atoms with Crippen molar-refractivity contribution in [3.05, 3.63) is 93.5 Å². The number of carbonyl (C=O) groups excluding carboxylic acids is 2. The smallest absolute Gasteiger partial charge is 0.264 e. The fraction of sp³-hybridized carbons (Fsp3) is 0.394. The molecule has 0 heterocycles. The fourth-order valence-corrected chi connectivity index (χ4v) is 7.35. The third-order valence-corrected chi connectivity index (χ3v) is 10.6. The van der Waals surface area contributed by atoms with Gasteiger partial charge in [0.25, 0.3) is 10.0 Å². The van der Waals surface area contributed by atoms with E-state index in [9.17, 15) is 18.0 Å². The number of hydrogen-bond acceptors (Lipinski definition) is 4. The molecule has 7 nitrogen and oxygen atoms in total. The highest BCUT2D eigenvalue weighted by Gasteiger charge is 2.35. The first-order valence-corrected chi connectivity index (χ1v) is 16.9. The second-order valence-electron chi connectivity index (χ2n) is 11.1. The molecule has 1 saturated carbocycles. The molecule has 1 atom stereocenters. The third-order valence-electron chi connectivity index (χ3n) is 8.13. The highest BCUT2D eigenvalue weighted by Crippen LogP contribution is 2.30. The molecule has 0 spiro atoms. The lowest BCUT2D eigenvalue weighted by Crippen LogP contribution is -2.54. The Labute approximate surface area is 265 Å². The molecule has 1 aliphatic rings. The molecule has 2 amide bonds. The summed E-state index contributed by atoms with van der Waals surface area (Å²) < 4.78 is 29.3. The van der Waals surface area contributed by atoms with Crippen LogP contribution in [0.5, 0.6) is 0 Å². The molecule has 1 fully saturated rings. The maximum Gasteiger partial charge on any atom is 0.264 e. The summed E-state index contributed by atoms with van der Waals surface area (Å²) in [6.07, 6.45) is 5.40. The minimum atomic E-state index is -4.14. The standard InChI is InChI=1S/C33H39Cl2N3O4S/c1-4-30(33(40)36-26-13-7-5-8-14-26)37(21-25-18-19-28(34)29(35)20-25)32(39)22-38(31-17-11-12-23(2)24(31)3)43(41,42)27-15-9-6-10-16-27/h6,9-12,15-20,26,30H,4-5,7-8,13-14,21-22H2,1-3H3,(H,36,40)/t30-/m1/s1. The number of benzene rings is 3. The van der Waals surface area contributed by atoms with E-state index >= 15 is 0 Å². The van der Waals surface area contributed by atoms with Crippen molar-refractivity contribution in [2.75, 3.05) is 10.8 Å². The van der Waals surface area contributed by atoms with Gasteiger partial charge in [0.1, 0.15) is 12.6 Å². The number of nitrogens with one attached hydrogen (secondary N) is 1. The van der Waals surface area contributed by atoms with Gasteiger partial charge in [-0.15, -0.1) is 0 Å². The van der Waals surface area contributed by atoms with Crippen molar-refractivity contribution in [3.63, 3.8) is 0 Å². The Kier molecular flexibility index (Phi) is 11.2. The molecule has 0 unspecified atom stereocenters.